The van der Waals surface area contributed by atoms with Gasteiger partial charge in [0.05, 0.1) is 17.9 Å². The summed E-state index contributed by atoms with van der Waals surface area (Å²) in [5.74, 6) is -0.434. The quantitative estimate of drug-likeness (QED) is 0.606. The fourth-order valence-corrected chi connectivity index (χ4v) is 3.38. The van der Waals surface area contributed by atoms with Crippen LogP contribution in [0.25, 0.3) is 0 Å². The number of nitrogens with one attached hydrogen (secondary N) is 1. The van der Waals surface area contributed by atoms with Crippen LogP contribution in [0.3, 0.4) is 0 Å². The third-order valence-electron chi connectivity index (χ3n) is 2.84. The normalized spacial score (nSPS) is 11.3. The third kappa shape index (κ3) is 3.94. The molecular weight excluding hydrogens is 280 g/mol. The molecule has 0 unspecified atom stereocenters. The summed E-state index contributed by atoms with van der Waals surface area (Å²) in [6.45, 7) is 5.32. The lowest BCUT2D eigenvalue weighted by atomic mass is 10.1. The van der Waals surface area contributed by atoms with Crippen molar-refractivity contribution in [3.8, 4) is 0 Å². The molecule has 0 spiro atoms. The number of carbonyl (C=O) groups excluding carboxylic acids is 1. The molecule has 0 bridgehead atoms. The molecule has 6 nitrogen and oxygen atoms in total. The standard InChI is InChI=1S/C13H20N2O4S/c1-4-19-12(16)7-8-15-20(17,18)13-9(2)5-6-11(14)10(13)3/h5-6,15H,4,7-8,14H2,1-3H3. The number of benzene rings is 1. The van der Waals surface area contributed by atoms with E-state index in [0.29, 0.717) is 16.8 Å². The number of esters is 1. The zero-order chi connectivity index (χ0) is 15.3. The predicted octanol–water partition coefficient (Wildman–Crippen LogP) is 1.12. The summed E-state index contributed by atoms with van der Waals surface area (Å²) in [5, 5.41) is 0. The first-order valence-corrected chi connectivity index (χ1v) is 7.79. The highest BCUT2D eigenvalue weighted by Crippen LogP contribution is 2.24. The molecule has 3 N–H and O–H groups in total. The van der Waals surface area contributed by atoms with Gasteiger partial charge in [-0.05, 0) is 38.0 Å². The van der Waals surface area contributed by atoms with E-state index in [-0.39, 0.29) is 24.5 Å². The Balaban J connectivity index is 2.85. The smallest absolute Gasteiger partial charge is 0.307 e. The molecule has 0 aliphatic heterocycles. The molecule has 0 aromatic heterocycles. The van der Waals surface area contributed by atoms with Gasteiger partial charge in [-0.25, -0.2) is 13.1 Å². The summed E-state index contributed by atoms with van der Waals surface area (Å²) in [4.78, 5) is 11.3. The first-order valence-electron chi connectivity index (χ1n) is 6.30. The van der Waals surface area contributed by atoms with Gasteiger partial charge in [0.1, 0.15) is 0 Å². The molecule has 0 saturated heterocycles. The Kier molecular flexibility index (Phi) is 5.52. The molecule has 1 rings (SSSR count). The molecule has 112 valence electrons. The van der Waals surface area contributed by atoms with Crippen LogP contribution in [0.2, 0.25) is 0 Å². The Morgan fingerprint density at radius 1 is 1.35 bits per heavy atom. The van der Waals surface area contributed by atoms with Crippen molar-refractivity contribution in [1.29, 1.82) is 0 Å². The van der Waals surface area contributed by atoms with Crippen molar-refractivity contribution in [3.63, 3.8) is 0 Å². The van der Waals surface area contributed by atoms with E-state index in [1.165, 1.54) is 0 Å². The molecule has 0 radical (unpaired) electrons. The van der Waals surface area contributed by atoms with Gasteiger partial charge in [-0.2, -0.15) is 0 Å². The van der Waals surface area contributed by atoms with Crippen LogP contribution in [0.1, 0.15) is 24.5 Å². The van der Waals surface area contributed by atoms with Crippen molar-refractivity contribution < 1.29 is 17.9 Å². The van der Waals surface area contributed by atoms with Gasteiger partial charge in [0.25, 0.3) is 0 Å². The molecule has 0 atom stereocenters. The number of aryl methyl sites for hydroxylation is 1. The molecule has 1 aromatic carbocycles. The molecule has 1 aromatic rings. The maximum Gasteiger partial charge on any atom is 0.307 e. The second-order valence-corrected chi connectivity index (χ2v) is 6.08. The average Bonchev–Trinajstić information content (AvgIpc) is 2.34. The minimum atomic E-state index is -3.69. The van der Waals surface area contributed by atoms with E-state index in [2.05, 4.69) is 4.72 Å². The van der Waals surface area contributed by atoms with Crippen LogP contribution < -0.4 is 10.5 Å². The van der Waals surface area contributed by atoms with Crippen molar-refractivity contribution in [2.45, 2.75) is 32.1 Å². The third-order valence-corrected chi connectivity index (χ3v) is 4.59. The summed E-state index contributed by atoms with van der Waals surface area (Å²) in [7, 11) is -3.69. The highest BCUT2D eigenvalue weighted by Gasteiger charge is 2.20. The number of carbonyl (C=O) groups is 1. The Hall–Kier alpha value is -1.60. The van der Waals surface area contributed by atoms with E-state index in [9.17, 15) is 13.2 Å². The van der Waals surface area contributed by atoms with Crippen LogP contribution in [0.5, 0.6) is 0 Å². The fraction of sp³-hybridized carbons (Fsp3) is 0.462. The number of hydrogen-bond acceptors (Lipinski definition) is 5. The van der Waals surface area contributed by atoms with E-state index in [4.69, 9.17) is 10.5 Å². The van der Waals surface area contributed by atoms with Gasteiger partial charge < -0.3 is 10.5 Å². The highest BCUT2D eigenvalue weighted by atomic mass is 32.2. The Bertz CT molecular complexity index is 597. The number of rotatable bonds is 6. The first-order chi connectivity index (χ1) is 9.29. The van der Waals surface area contributed by atoms with Gasteiger partial charge in [0.2, 0.25) is 10.0 Å². The second kappa shape index (κ2) is 6.71. The molecule has 0 fully saturated rings. The number of nitrogen functional groups attached to an aromatic ring is 1. The Morgan fingerprint density at radius 3 is 2.60 bits per heavy atom. The van der Waals surface area contributed by atoms with Gasteiger partial charge in [-0.3, -0.25) is 4.79 Å². The van der Waals surface area contributed by atoms with Crippen LogP contribution in [-0.4, -0.2) is 27.5 Å². The van der Waals surface area contributed by atoms with E-state index >= 15 is 0 Å². The maximum atomic E-state index is 12.2. The summed E-state index contributed by atoms with van der Waals surface area (Å²) in [6, 6.07) is 3.32. The van der Waals surface area contributed by atoms with Crippen molar-refractivity contribution in [1.82, 2.24) is 4.72 Å². The fourth-order valence-electron chi connectivity index (χ4n) is 1.85. The summed E-state index contributed by atoms with van der Waals surface area (Å²) >= 11 is 0. The maximum absolute atomic E-state index is 12.2. The molecule has 7 heteroatoms. The monoisotopic (exact) mass is 300 g/mol. The van der Waals surface area contributed by atoms with Crippen LogP contribution >= 0.6 is 0 Å². The Labute approximate surface area is 119 Å². The number of ether oxygens (including phenoxy) is 1. The van der Waals surface area contributed by atoms with E-state index in [1.807, 2.05) is 0 Å². The van der Waals surface area contributed by atoms with Crippen LogP contribution in [0.15, 0.2) is 17.0 Å². The van der Waals surface area contributed by atoms with Crippen molar-refractivity contribution in [3.05, 3.63) is 23.3 Å². The van der Waals surface area contributed by atoms with Crippen LogP contribution in [0.4, 0.5) is 5.69 Å². The lowest BCUT2D eigenvalue weighted by molar-refractivity contribution is -0.142. The molecule has 0 heterocycles. The topological polar surface area (TPSA) is 98.5 Å². The molecule has 0 saturated carbocycles. The first kappa shape index (κ1) is 16.5. The van der Waals surface area contributed by atoms with Gasteiger partial charge in [-0.15, -0.1) is 0 Å². The number of sulfonamides is 1. The number of hydrogen-bond donors (Lipinski definition) is 2. The lowest BCUT2D eigenvalue weighted by Gasteiger charge is -2.13. The summed E-state index contributed by atoms with van der Waals surface area (Å²) in [6.07, 6.45) is -0.00647. The average molecular weight is 300 g/mol. The van der Waals surface area contributed by atoms with Gasteiger partial charge >= 0.3 is 5.97 Å². The second-order valence-electron chi connectivity index (χ2n) is 4.38. The van der Waals surface area contributed by atoms with Gasteiger partial charge in [0, 0.05) is 12.2 Å². The zero-order valence-corrected chi connectivity index (χ0v) is 12.7. The zero-order valence-electron chi connectivity index (χ0n) is 11.9. The molecule has 0 aliphatic carbocycles. The largest absolute Gasteiger partial charge is 0.466 e. The molecule has 0 aliphatic rings. The van der Waals surface area contributed by atoms with Crippen LogP contribution in [-0.2, 0) is 19.6 Å². The summed E-state index contributed by atoms with van der Waals surface area (Å²) < 4.78 is 31.6. The minimum Gasteiger partial charge on any atom is -0.466 e. The van der Waals surface area contributed by atoms with Crippen molar-refractivity contribution >= 4 is 21.7 Å². The number of nitrogens with two attached hydrogens (primary N) is 1. The molecular formula is C13H20N2O4S. The van der Waals surface area contributed by atoms with Gasteiger partial charge in [-0.1, -0.05) is 6.07 Å². The minimum absolute atomic E-state index is 0.00511. The SMILES string of the molecule is CCOC(=O)CCNS(=O)(=O)c1c(C)ccc(N)c1C. The van der Waals surface area contributed by atoms with Crippen LogP contribution in [0, 0.1) is 13.8 Å². The lowest BCUT2D eigenvalue weighted by Crippen LogP contribution is -2.28. The van der Waals surface area contributed by atoms with Crippen molar-refractivity contribution in [2.75, 3.05) is 18.9 Å². The van der Waals surface area contributed by atoms with E-state index in [0.717, 1.165) is 0 Å². The molecule has 20 heavy (non-hydrogen) atoms. The Morgan fingerprint density at radius 2 is 2.00 bits per heavy atom. The van der Waals surface area contributed by atoms with E-state index in [1.54, 1.807) is 32.9 Å². The van der Waals surface area contributed by atoms with Crippen molar-refractivity contribution in [2.24, 2.45) is 0 Å². The summed E-state index contributed by atoms with van der Waals surface area (Å²) in [5.41, 5.74) is 7.27. The predicted molar refractivity (Wildman–Crippen MR) is 76.8 cm³/mol. The molecule has 0 amide bonds. The van der Waals surface area contributed by atoms with Gasteiger partial charge in [0.15, 0.2) is 0 Å². The number of anilines is 1. The highest BCUT2D eigenvalue weighted by molar-refractivity contribution is 7.89. The van der Waals surface area contributed by atoms with E-state index < -0.39 is 16.0 Å².